The van der Waals surface area contributed by atoms with Crippen LogP contribution in [0.4, 0.5) is 23.7 Å². The Morgan fingerprint density at radius 1 is 1.24 bits per heavy atom. The van der Waals surface area contributed by atoms with Crippen molar-refractivity contribution in [2.24, 2.45) is 5.10 Å². The molecule has 0 N–H and O–H groups in total. The molecule has 17 heavy (non-hydrogen) atoms. The summed E-state index contributed by atoms with van der Waals surface area (Å²) in [5.41, 5.74) is -0.561. The van der Waals surface area contributed by atoms with Gasteiger partial charge in [-0.25, -0.2) is 4.79 Å². The number of halogens is 3. The number of hydrogen-bond acceptors (Lipinski definition) is 3. The van der Waals surface area contributed by atoms with Crippen LogP contribution in [0, 0.1) is 0 Å². The number of rotatable bonds is 1. The van der Waals surface area contributed by atoms with Gasteiger partial charge in [-0.15, -0.1) is 0 Å². The molecule has 7 heteroatoms. The van der Waals surface area contributed by atoms with Crippen molar-refractivity contribution >= 4 is 18.0 Å². The third-order valence-electron chi connectivity index (χ3n) is 2.09. The minimum absolute atomic E-state index is 0.0654. The highest BCUT2D eigenvalue weighted by Gasteiger charge is 2.30. The molecule has 90 valence electrons. The molecule has 2 rings (SSSR count). The summed E-state index contributed by atoms with van der Waals surface area (Å²) in [7, 11) is 0. The number of alkyl halides is 3. The number of carbonyl (C=O) groups excluding carboxylic acids is 1. The molecule has 0 aromatic heterocycles. The van der Waals surface area contributed by atoms with Gasteiger partial charge in [0.05, 0.1) is 17.5 Å². The summed E-state index contributed by atoms with van der Waals surface area (Å²) in [6.45, 7) is 0.0654. The molecular weight excluding hydrogens is 237 g/mol. The molecule has 0 unspecified atom stereocenters. The van der Waals surface area contributed by atoms with Crippen LogP contribution in [0.2, 0.25) is 0 Å². The van der Waals surface area contributed by atoms with Gasteiger partial charge in [0.15, 0.2) is 0 Å². The van der Waals surface area contributed by atoms with Crippen molar-refractivity contribution in [2.45, 2.75) is 6.18 Å². The second-order valence-corrected chi connectivity index (χ2v) is 3.23. The molecule has 0 radical (unpaired) electrons. The molecule has 0 aliphatic carbocycles. The van der Waals surface area contributed by atoms with Crippen LogP contribution in [0.25, 0.3) is 0 Å². The van der Waals surface area contributed by atoms with Crippen LogP contribution in [0.5, 0.6) is 0 Å². The number of amides is 1. The van der Waals surface area contributed by atoms with Crippen molar-refractivity contribution in [1.29, 1.82) is 0 Å². The summed E-state index contributed by atoms with van der Waals surface area (Å²) >= 11 is 0. The number of carbonyl (C=O) groups is 1. The number of nitrogens with zero attached hydrogens (tertiary/aromatic N) is 2. The quantitative estimate of drug-likeness (QED) is 0.762. The summed E-state index contributed by atoms with van der Waals surface area (Å²) in [5.74, 6) is 0. The molecule has 0 saturated carbocycles. The number of anilines is 1. The standard InChI is InChI=1S/C10H7F3N2O2/c11-10(12,13)7-1-3-8(4-2-7)15-9(16)17-6-5-14-15/h1-5H,6H2. The van der Waals surface area contributed by atoms with Crippen molar-refractivity contribution in [3.8, 4) is 0 Å². The zero-order valence-corrected chi connectivity index (χ0v) is 8.44. The molecule has 0 fully saturated rings. The monoisotopic (exact) mass is 244 g/mol. The largest absolute Gasteiger partial charge is 0.442 e. The van der Waals surface area contributed by atoms with Crippen molar-refractivity contribution in [3.05, 3.63) is 29.8 Å². The van der Waals surface area contributed by atoms with Crippen molar-refractivity contribution < 1.29 is 22.7 Å². The number of ether oxygens (including phenoxy) is 1. The molecule has 1 amide bonds. The second kappa shape index (κ2) is 4.08. The predicted molar refractivity (Wildman–Crippen MR) is 53.8 cm³/mol. The van der Waals surface area contributed by atoms with Gasteiger partial charge in [-0.3, -0.25) is 0 Å². The Morgan fingerprint density at radius 2 is 1.88 bits per heavy atom. The molecular formula is C10H7F3N2O2. The number of cyclic esters (lactones) is 1. The fourth-order valence-corrected chi connectivity index (χ4v) is 1.30. The normalized spacial score (nSPS) is 15.9. The van der Waals surface area contributed by atoms with E-state index in [0.29, 0.717) is 0 Å². The van der Waals surface area contributed by atoms with Crippen LogP contribution in [0.15, 0.2) is 29.4 Å². The molecule has 0 atom stereocenters. The summed E-state index contributed by atoms with van der Waals surface area (Å²) in [6.07, 6.45) is -3.77. The Labute approximate surface area is 94.3 Å². The van der Waals surface area contributed by atoms with E-state index < -0.39 is 17.8 Å². The minimum Gasteiger partial charge on any atom is -0.442 e. The molecule has 1 aliphatic rings. The van der Waals surface area contributed by atoms with Crippen molar-refractivity contribution in [1.82, 2.24) is 0 Å². The third-order valence-corrected chi connectivity index (χ3v) is 2.09. The van der Waals surface area contributed by atoms with Gasteiger partial charge in [0.1, 0.15) is 6.61 Å². The average Bonchev–Trinajstić information content (AvgIpc) is 2.29. The predicted octanol–water partition coefficient (Wildman–Crippen LogP) is 2.65. The lowest BCUT2D eigenvalue weighted by atomic mass is 10.2. The van der Waals surface area contributed by atoms with Crippen LogP contribution in [-0.2, 0) is 10.9 Å². The Bertz CT molecular complexity index is 454. The first kappa shape index (κ1) is 11.4. The van der Waals surface area contributed by atoms with Gasteiger partial charge < -0.3 is 4.74 Å². The fraction of sp³-hybridized carbons (Fsp3) is 0.200. The Morgan fingerprint density at radius 3 is 2.41 bits per heavy atom. The van der Waals surface area contributed by atoms with Crippen LogP contribution in [0.1, 0.15) is 5.56 Å². The highest BCUT2D eigenvalue weighted by atomic mass is 19.4. The molecule has 0 bridgehead atoms. The molecule has 1 aromatic carbocycles. The smallest absolute Gasteiger partial charge is 0.435 e. The lowest BCUT2D eigenvalue weighted by Crippen LogP contribution is -2.31. The van der Waals surface area contributed by atoms with Gasteiger partial charge in [0.2, 0.25) is 0 Å². The maximum Gasteiger partial charge on any atom is 0.435 e. The third kappa shape index (κ3) is 2.38. The van der Waals surface area contributed by atoms with Crippen LogP contribution >= 0.6 is 0 Å². The first-order chi connectivity index (χ1) is 7.98. The number of benzene rings is 1. The van der Waals surface area contributed by atoms with Crippen LogP contribution in [0.3, 0.4) is 0 Å². The summed E-state index contributed by atoms with van der Waals surface area (Å²) in [6, 6.07) is 4.08. The highest BCUT2D eigenvalue weighted by molar-refractivity contribution is 5.91. The van der Waals surface area contributed by atoms with E-state index in [0.717, 1.165) is 29.3 Å². The lowest BCUT2D eigenvalue weighted by molar-refractivity contribution is -0.137. The lowest BCUT2D eigenvalue weighted by Gasteiger charge is -2.19. The Kier molecular flexibility index (Phi) is 2.74. The van der Waals surface area contributed by atoms with Gasteiger partial charge in [0, 0.05) is 0 Å². The summed E-state index contributed by atoms with van der Waals surface area (Å²) in [5, 5.41) is 4.62. The average molecular weight is 244 g/mol. The molecule has 1 heterocycles. The van der Waals surface area contributed by atoms with Crippen LogP contribution < -0.4 is 5.01 Å². The molecule has 4 nitrogen and oxygen atoms in total. The second-order valence-electron chi connectivity index (χ2n) is 3.23. The fourth-order valence-electron chi connectivity index (χ4n) is 1.30. The van der Waals surface area contributed by atoms with E-state index >= 15 is 0 Å². The van der Waals surface area contributed by atoms with Gasteiger partial charge in [-0.1, -0.05) is 0 Å². The Hall–Kier alpha value is -2.05. The van der Waals surface area contributed by atoms with E-state index in [9.17, 15) is 18.0 Å². The number of hydrazone groups is 1. The van der Waals surface area contributed by atoms with E-state index in [1.165, 1.54) is 6.21 Å². The zero-order valence-electron chi connectivity index (χ0n) is 8.44. The van der Waals surface area contributed by atoms with Crippen LogP contribution in [-0.4, -0.2) is 18.9 Å². The van der Waals surface area contributed by atoms with E-state index in [1.54, 1.807) is 0 Å². The topological polar surface area (TPSA) is 41.9 Å². The van der Waals surface area contributed by atoms with Gasteiger partial charge in [-0.2, -0.15) is 23.3 Å². The molecule has 0 saturated heterocycles. The summed E-state index contributed by atoms with van der Waals surface area (Å²) < 4.78 is 41.6. The van der Waals surface area contributed by atoms with Gasteiger partial charge in [-0.05, 0) is 24.3 Å². The van der Waals surface area contributed by atoms with Crippen molar-refractivity contribution in [2.75, 3.05) is 11.6 Å². The minimum atomic E-state index is -4.40. The first-order valence-corrected chi connectivity index (χ1v) is 4.65. The van der Waals surface area contributed by atoms with E-state index in [-0.39, 0.29) is 12.3 Å². The Balaban J connectivity index is 2.26. The SMILES string of the molecule is O=C1OCC=NN1c1ccc(C(F)(F)F)cc1. The van der Waals surface area contributed by atoms with Crippen molar-refractivity contribution in [3.63, 3.8) is 0 Å². The summed E-state index contributed by atoms with van der Waals surface area (Å²) in [4.78, 5) is 11.2. The zero-order chi connectivity index (χ0) is 12.5. The first-order valence-electron chi connectivity index (χ1n) is 4.65. The highest BCUT2D eigenvalue weighted by Crippen LogP contribution is 2.30. The van der Waals surface area contributed by atoms with E-state index in [2.05, 4.69) is 9.84 Å². The van der Waals surface area contributed by atoms with Gasteiger partial charge in [0.25, 0.3) is 0 Å². The number of hydrogen-bond donors (Lipinski definition) is 0. The molecule has 0 spiro atoms. The van der Waals surface area contributed by atoms with E-state index in [4.69, 9.17) is 0 Å². The molecule has 1 aromatic rings. The molecule has 1 aliphatic heterocycles. The van der Waals surface area contributed by atoms with E-state index in [1.807, 2.05) is 0 Å². The van der Waals surface area contributed by atoms with Gasteiger partial charge >= 0.3 is 12.3 Å². The maximum absolute atomic E-state index is 12.3. The maximum atomic E-state index is 12.3.